The van der Waals surface area contributed by atoms with E-state index in [1.54, 1.807) is 0 Å². The van der Waals surface area contributed by atoms with Crippen LogP contribution >= 0.6 is 0 Å². The lowest BCUT2D eigenvalue weighted by Crippen LogP contribution is -2.33. The number of benzene rings is 1. The van der Waals surface area contributed by atoms with Crippen LogP contribution in [0.1, 0.15) is 25.1 Å². The summed E-state index contributed by atoms with van der Waals surface area (Å²) in [5.41, 5.74) is 1.01. The predicted molar refractivity (Wildman–Crippen MR) is 81.1 cm³/mol. The molecule has 1 atom stereocenters. The summed E-state index contributed by atoms with van der Waals surface area (Å²) in [5.74, 6) is 0.890. The Kier molecular flexibility index (Phi) is 4.57. The molecule has 0 aliphatic carbocycles. The quantitative estimate of drug-likeness (QED) is 0.916. The molecule has 112 valence electrons. The zero-order valence-corrected chi connectivity index (χ0v) is 12.4. The van der Waals surface area contributed by atoms with Gasteiger partial charge in [0.1, 0.15) is 0 Å². The van der Waals surface area contributed by atoms with Gasteiger partial charge >= 0.3 is 0 Å². The van der Waals surface area contributed by atoms with E-state index in [1.165, 1.54) is 19.3 Å². The van der Waals surface area contributed by atoms with Gasteiger partial charge in [-0.3, -0.25) is 4.90 Å². The minimum atomic E-state index is 0.598. The molecule has 21 heavy (non-hydrogen) atoms. The van der Waals surface area contributed by atoms with Crippen LogP contribution in [0.3, 0.4) is 0 Å². The van der Waals surface area contributed by atoms with Gasteiger partial charge in [0.2, 0.25) is 0 Å². The zero-order valence-electron chi connectivity index (χ0n) is 12.4. The summed E-state index contributed by atoms with van der Waals surface area (Å²) in [4.78, 5) is 2.37. The molecule has 1 unspecified atom stereocenters. The highest BCUT2D eigenvalue weighted by Crippen LogP contribution is 2.15. The fraction of sp³-hybridized carbons (Fsp3) is 0.533. The van der Waals surface area contributed by atoms with Crippen molar-refractivity contribution in [2.75, 3.05) is 20.1 Å². The Morgan fingerprint density at radius 2 is 2.10 bits per heavy atom. The first kappa shape index (κ1) is 14.2. The second-order valence-corrected chi connectivity index (χ2v) is 5.59. The maximum Gasteiger partial charge on any atom is 0.170 e. The molecule has 1 N–H and O–H groups in total. The number of hydrogen-bond donors (Lipinski definition) is 1. The second-order valence-electron chi connectivity index (χ2n) is 5.59. The van der Waals surface area contributed by atoms with Crippen molar-refractivity contribution in [1.82, 2.24) is 30.4 Å². The molecule has 2 heterocycles. The average Bonchev–Trinajstić information content (AvgIpc) is 2.81. The van der Waals surface area contributed by atoms with Crippen molar-refractivity contribution in [2.24, 2.45) is 0 Å². The van der Waals surface area contributed by atoms with E-state index in [9.17, 15) is 0 Å². The third kappa shape index (κ3) is 3.46. The Morgan fingerprint density at radius 3 is 2.95 bits per heavy atom. The van der Waals surface area contributed by atoms with Crippen molar-refractivity contribution in [3.63, 3.8) is 0 Å². The Morgan fingerprint density at radius 1 is 1.24 bits per heavy atom. The van der Waals surface area contributed by atoms with Gasteiger partial charge in [-0.25, -0.2) is 0 Å². The maximum atomic E-state index is 4.20. The molecule has 2 aromatic rings. The van der Waals surface area contributed by atoms with Gasteiger partial charge in [0.05, 0.1) is 12.2 Å². The van der Waals surface area contributed by atoms with Crippen LogP contribution in [0.25, 0.3) is 5.69 Å². The van der Waals surface area contributed by atoms with E-state index >= 15 is 0 Å². The molecule has 1 aromatic heterocycles. The van der Waals surface area contributed by atoms with Gasteiger partial charge in [0.25, 0.3) is 0 Å². The Balaban J connectivity index is 1.72. The van der Waals surface area contributed by atoms with Gasteiger partial charge in [-0.1, -0.05) is 18.2 Å². The van der Waals surface area contributed by atoms with Crippen LogP contribution < -0.4 is 5.32 Å². The van der Waals surface area contributed by atoms with Crippen molar-refractivity contribution in [1.29, 1.82) is 0 Å². The molecule has 1 aliphatic heterocycles. The third-order valence-corrected chi connectivity index (χ3v) is 4.09. The van der Waals surface area contributed by atoms with E-state index < -0.39 is 0 Å². The molecule has 6 heteroatoms. The van der Waals surface area contributed by atoms with Crippen LogP contribution in [-0.4, -0.2) is 51.3 Å². The monoisotopic (exact) mass is 286 g/mol. The molecule has 0 radical (unpaired) electrons. The summed E-state index contributed by atoms with van der Waals surface area (Å²) in [6.07, 6.45) is 3.65. The van der Waals surface area contributed by atoms with Crippen LogP contribution in [0, 0.1) is 0 Å². The molecule has 0 bridgehead atoms. The molecule has 3 rings (SSSR count). The van der Waals surface area contributed by atoms with Crippen LogP contribution in [0.4, 0.5) is 0 Å². The summed E-state index contributed by atoms with van der Waals surface area (Å²) < 4.78 is 1.82. The molecule has 1 aliphatic rings. The van der Waals surface area contributed by atoms with Crippen LogP contribution in [0.5, 0.6) is 0 Å². The van der Waals surface area contributed by atoms with E-state index in [1.807, 2.05) is 35.0 Å². The van der Waals surface area contributed by atoms with E-state index in [0.717, 1.165) is 31.1 Å². The maximum absolute atomic E-state index is 4.20. The molecule has 6 nitrogen and oxygen atoms in total. The first-order valence-corrected chi connectivity index (χ1v) is 7.58. The first-order valence-electron chi connectivity index (χ1n) is 7.58. The highest BCUT2D eigenvalue weighted by atomic mass is 15.5. The first-order chi connectivity index (χ1) is 10.3. The average molecular weight is 286 g/mol. The Labute approximate surface area is 125 Å². The fourth-order valence-corrected chi connectivity index (χ4v) is 2.87. The van der Waals surface area contributed by atoms with Gasteiger partial charge < -0.3 is 5.32 Å². The number of tetrazole rings is 1. The van der Waals surface area contributed by atoms with Crippen molar-refractivity contribution in [3.05, 3.63) is 36.2 Å². The lowest BCUT2D eigenvalue weighted by atomic mass is 10.1. The SMILES string of the molecule is CN(Cc1nnnn1-c1ccccc1)C1CCCNCC1. The van der Waals surface area contributed by atoms with E-state index in [4.69, 9.17) is 0 Å². The van der Waals surface area contributed by atoms with E-state index in [2.05, 4.69) is 32.8 Å². The summed E-state index contributed by atoms with van der Waals surface area (Å²) in [5, 5.41) is 15.6. The standard InChI is InChI=1S/C15H22N6/c1-20(13-8-5-10-16-11-9-13)12-15-17-18-19-21(15)14-6-3-2-4-7-14/h2-4,6-7,13,16H,5,8-12H2,1H3. The van der Waals surface area contributed by atoms with Gasteiger partial charge in [0.15, 0.2) is 5.82 Å². The topological polar surface area (TPSA) is 58.9 Å². The molecule has 1 saturated heterocycles. The number of aromatic nitrogens is 4. The Hall–Kier alpha value is -1.79. The predicted octanol–water partition coefficient (Wildman–Crippen LogP) is 1.24. The summed E-state index contributed by atoms with van der Waals surface area (Å²) in [7, 11) is 2.17. The van der Waals surface area contributed by atoms with E-state index in [-0.39, 0.29) is 0 Å². The second kappa shape index (κ2) is 6.78. The molecular weight excluding hydrogens is 264 g/mol. The van der Waals surface area contributed by atoms with Crippen LogP contribution in [0.2, 0.25) is 0 Å². The summed E-state index contributed by atoms with van der Waals surface area (Å²) in [6.45, 7) is 3.00. The summed E-state index contributed by atoms with van der Waals surface area (Å²) >= 11 is 0. The van der Waals surface area contributed by atoms with Gasteiger partial charge in [0, 0.05) is 6.04 Å². The number of rotatable bonds is 4. The molecule has 1 aromatic carbocycles. The van der Waals surface area contributed by atoms with E-state index in [0.29, 0.717) is 6.04 Å². The molecular formula is C15H22N6. The number of nitrogens with one attached hydrogen (secondary N) is 1. The van der Waals surface area contributed by atoms with Crippen molar-refractivity contribution in [3.8, 4) is 5.69 Å². The lowest BCUT2D eigenvalue weighted by Gasteiger charge is -2.26. The summed E-state index contributed by atoms with van der Waals surface area (Å²) in [6, 6.07) is 10.6. The third-order valence-electron chi connectivity index (χ3n) is 4.09. The lowest BCUT2D eigenvalue weighted by molar-refractivity contribution is 0.210. The molecule has 1 fully saturated rings. The zero-order chi connectivity index (χ0) is 14.5. The van der Waals surface area contributed by atoms with Crippen molar-refractivity contribution >= 4 is 0 Å². The smallest absolute Gasteiger partial charge is 0.170 e. The Bertz CT molecular complexity index is 544. The number of para-hydroxylation sites is 1. The van der Waals surface area contributed by atoms with Crippen molar-refractivity contribution in [2.45, 2.75) is 31.8 Å². The normalized spacial score (nSPS) is 19.6. The largest absolute Gasteiger partial charge is 0.317 e. The van der Waals surface area contributed by atoms with Gasteiger partial charge in [-0.05, 0) is 62.0 Å². The van der Waals surface area contributed by atoms with Crippen LogP contribution in [0.15, 0.2) is 30.3 Å². The molecule has 0 spiro atoms. The fourth-order valence-electron chi connectivity index (χ4n) is 2.87. The van der Waals surface area contributed by atoms with Gasteiger partial charge in [-0.15, -0.1) is 5.10 Å². The minimum absolute atomic E-state index is 0.598. The number of nitrogens with zero attached hydrogens (tertiary/aromatic N) is 5. The van der Waals surface area contributed by atoms with Gasteiger partial charge in [-0.2, -0.15) is 4.68 Å². The highest BCUT2D eigenvalue weighted by Gasteiger charge is 2.19. The molecule has 0 amide bonds. The highest BCUT2D eigenvalue weighted by molar-refractivity contribution is 5.30. The van der Waals surface area contributed by atoms with Crippen LogP contribution in [-0.2, 0) is 6.54 Å². The molecule has 0 saturated carbocycles. The number of hydrogen-bond acceptors (Lipinski definition) is 5. The van der Waals surface area contributed by atoms with Crippen molar-refractivity contribution < 1.29 is 0 Å². The minimum Gasteiger partial charge on any atom is -0.317 e.